The van der Waals surface area contributed by atoms with Crippen LogP contribution >= 0.6 is 11.6 Å². The molecule has 1 aromatic heterocycles. The van der Waals surface area contributed by atoms with E-state index < -0.39 is 6.10 Å². The highest BCUT2D eigenvalue weighted by Crippen LogP contribution is 2.14. The minimum absolute atomic E-state index is 0.210. The molecule has 0 aromatic carbocycles. The Morgan fingerprint density at radius 2 is 2.00 bits per heavy atom. The summed E-state index contributed by atoms with van der Waals surface area (Å²) in [6.45, 7) is 6.39. The maximum atomic E-state index is 12.1. The Balaban J connectivity index is 2.67. The van der Waals surface area contributed by atoms with Crippen LogP contribution in [0.4, 0.5) is 0 Å². The number of nitrogens with zero attached hydrogens (tertiary/aromatic N) is 1. The van der Waals surface area contributed by atoms with Crippen LogP contribution < -0.4 is 5.32 Å². The fourth-order valence-electron chi connectivity index (χ4n) is 2.37. The monoisotopic (exact) mass is 312 g/mol. The Hall–Kier alpha value is -1.13. The first-order valence-electron chi connectivity index (χ1n) is 7.64. The summed E-state index contributed by atoms with van der Waals surface area (Å²) in [5.41, 5.74) is 1.31. The number of pyridine rings is 1. The molecule has 0 saturated carbocycles. The largest absolute Gasteiger partial charge is 0.391 e. The lowest BCUT2D eigenvalue weighted by molar-refractivity contribution is 0.0816. The Morgan fingerprint density at radius 1 is 1.33 bits per heavy atom. The molecule has 0 aliphatic rings. The Labute approximate surface area is 131 Å². The molecule has 1 heterocycles. The van der Waals surface area contributed by atoms with Crippen molar-refractivity contribution in [3.63, 3.8) is 0 Å². The normalized spacial score (nSPS) is 12.5. The van der Waals surface area contributed by atoms with Crippen molar-refractivity contribution in [2.45, 2.75) is 52.6 Å². The van der Waals surface area contributed by atoms with E-state index in [0.717, 1.165) is 31.4 Å². The molecule has 0 saturated heterocycles. The lowest BCUT2D eigenvalue weighted by atomic mass is 9.96. The highest BCUT2D eigenvalue weighted by Gasteiger charge is 2.17. The van der Waals surface area contributed by atoms with E-state index in [0.29, 0.717) is 10.7 Å². The molecule has 2 N–H and O–H groups in total. The average Bonchev–Trinajstić information content (AvgIpc) is 2.45. The van der Waals surface area contributed by atoms with Gasteiger partial charge in [0.1, 0.15) is 5.15 Å². The van der Waals surface area contributed by atoms with Gasteiger partial charge in [0, 0.05) is 17.8 Å². The molecule has 21 heavy (non-hydrogen) atoms. The van der Waals surface area contributed by atoms with Gasteiger partial charge in [0.25, 0.3) is 5.91 Å². The van der Waals surface area contributed by atoms with E-state index in [4.69, 9.17) is 11.6 Å². The number of hydrogen-bond donors (Lipinski definition) is 2. The van der Waals surface area contributed by atoms with Crippen molar-refractivity contribution in [2.24, 2.45) is 5.92 Å². The molecule has 1 rings (SSSR count). The molecule has 4 nitrogen and oxygen atoms in total. The molecule has 0 fully saturated rings. The number of aliphatic hydroxyl groups is 1. The summed E-state index contributed by atoms with van der Waals surface area (Å²) in [6, 6.07) is 3.31. The smallest absolute Gasteiger partial charge is 0.251 e. The van der Waals surface area contributed by atoms with Gasteiger partial charge in [-0.3, -0.25) is 4.79 Å². The first-order chi connectivity index (χ1) is 10.0. The van der Waals surface area contributed by atoms with Crippen LogP contribution in [0.2, 0.25) is 5.15 Å². The standard InChI is InChI=1S/C16H25ClN2O2/c1-4-7-13-8-12(9-15(17)19-13)16(21)18-10-14(20)11(5-2)6-3/h8-9,11,14,20H,4-7,10H2,1-3H3,(H,18,21). The topological polar surface area (TPSA) is 62.2 Å². The maximum Gasteiger partial charge on any atom is 0.251 e. The lowest BCUT2D eigenvalue weighted by Gasteiger charge is -2.20. The first-order valence-corrected chi connectivity index (χ1v) is 8.02. The zero-order valence-electron chi connectivity index (χ0n) is 13.0. The van der Waals surface area contributed by atoms with Crippen molar-refractivity contribution in [3.8, 4) is 0 Å². The third-order valence-electron chi connectivity index (χ3n) is 3.68. The summed E-state index contributed by atoms with van der Waals surface area (Å²) < 4.78 is 0. The van der Waals surface area contributed by atoms with Crippen LogP contribution in [-0.2, 0) is 6.42 Å². The molecule has 0 aliphatic carbocycles. The minimum atomic E-state index is -0.517. The summed E-state index contributed by atoms with van der Waals surface area (Å²) in [6.07, 6.45) is 3.01. The van der Waals surface area contributed by atoms with Crippen LogP contribution in [0.5, 0.6) is 0 Å². The number of nitrogens with one attached hydrogen (secondary N) is 1. The molecule has 1 atom stereocenters. The molecule has 1 aromatic rings. The number of carbonyl (C=O) groups excluding carboxylic acids is 1. The van der Waals surface area contributed by atoms with Crippen LogP contribution in [-0.4, -0.2) is 28.6 Å². The molecule has 0 spiro atoms. The SMILES string of the molecule is CCCc1cc(C(=O)NCC(O)C(CC)CC)cc(Cl)n1. The van der Waals surface area contributed by atoms with E-state index in [1.54, 1.807) is 12.1 Å². The molecule has 0 aliphatic heterocycles. The van der Waals surface area contributed by atoms with Crippen LogP contribution in [0.15, 0.2) is 12.1 Å². The van der Waals surface area contributed by atoms with Crippen molar-refractivity contribution in [1.82, 2.24) is 10.3 Å². The van der Waals surface area contributed by atoms with Gasteiger partial charge in [-0.1, -0.05) is 51.6 Å². The highest BCUT2D eigenvalue weighted by atomic mass is 35.5. The lowest BCUT2D eigenvalue weighted by Crippen LogP contribution is -2.36. The van der Waals surface area contributed by atoms with Crippen molar-refractivity contribution in [2.75, 3.05) is 6.54 Å². The number of aromatic nitrogens is 1. The first kappa shape index (κ1) is 17.9. The second-order valence-corrected chi connectivity index (χ2v) is 5.66. The van der Waals surface area contributed by atoms with Gasteiger partial charge in [-0.2, -0.15) is 0 Å². The fourth-order valence-corrected chi connectivity index (χ4v) is 2.59. The van der Waals surface area contributed by atoms with Gasteiger partial charge in [0.15, 0.2) is 0 Å². The number of carbonyl (C=O) groups is 1. The van der Waals surface area contributed by atoms with Crippen LogP contribution in [0.3, 0.4) is 0 Å². The summed E-state index contributed by atoms with van der Waals surface area (Å²) >= 11 is 5.95. The summed E-state index contributed by atoms with van der Waals surface area (Å²) in [5, 5.41) is 13.1. The van der Waals surface area contributed by atoms with E-state index in [1.165, 1.54) is 0 Å². The highest BCUT2D eigenvalue weighted by molar-refractivity contribution is 6.29. The summed E-state index contributed by atoms with van der Waals surface area (Å²) in [7, 11) is 0. The quantitative estimate of drug-likeness (QED) is 0.725. The summed E-state index contributed by atoms with van der Waals surface area (Å²) in [5.74, 6) is -0.0105. The van der Waals surface area contributed by atoms with Gasteiger partial charge in [-0.05, 0) is 24.5 Å². The molecular formula is C16H25ClN2O2. The van der Waals surface area contributed by atoms with Gasteiger partial charge >= 0.3 is 0 Å². The van der Waals surface area contributed by atoms with E-state index >= 15 is 0 Å². The zero-order chi connectivity index (χ0) is 15.8. The van der Waals surface area contributed by atoms with Gasteiger partial charge in [0.2, 0.25) is 0 Å². The van der Waals surface area contributed by atoms with Gasteiger partial charge in [-0.25, -0.2) is 4.98 Å². The van der Waals surface area contributed by atoms with Gasteiger partial charge < -0.3 is 10.4 Å². The van der Waals surface area contributed by atoms with Gasteiger partial charge in [0.05, 0.1) is 6.10 Å². The van der Waals surface area contributed by atoms with E-state index in [-0.39, 0.29) is 18.4 Å². The third kappa shape index (κ3) is 5.64. The maximum absolute atomic E-state index is 12.1. The van der Waals surface area contributed by atoms with Crippen LogP contribution in [0, 0.1) is 5.92 Å². The Morgan fingerprint density at radius 3 is 2.57 bits per heavy atom. The van der Waals surface area contributed by atoms with Crippen molar-refractivity contribution in [1.29, 1.82) is 0 Å². The zero-order valence-corrected chi connectivity index (χ0v) is 13.8. The second-order valence-electron chi connectivity index (χ2n) is 5.27. The predicted octanol–water partition coefficient (Wildman–Crippen LogP) is 3.21. The third-order valence-corrected chi connectivity index (χ3v) is 3.87. The van der Waals surface area contributed by atoms with E-state index in [9.17, 15) is 9.90 Å². The number of aliphatic hydroxyl groups excluding tert-OH is 1. The average molecular weight is 313 g/mol. The Kier molecular flexibility index (Phi) is 7.68. The van der Waals surface area contributed by atoms with Crippen LogP contribution in [0.25, 0.3) is 0 Å². The number of rotatable bonds is 8. The number of amides is 1. The fraction of sp³-hybridized carbons (Fsp3) is 0.625. The van der Waals surface area contributed by atoms with E-state index in [1.807, 2.05) is 20.8 Å². The molecular weight excluding hydrogens is 288 g/mol. The molecule has 5 heteroatoms. The molecule has 118 valence electrons. The predicted molar refractivity (Wildman–Crippen MR) is 85.7 cm³/mol. The van der Waals surface area contributed by atoms with Crippen molar-refractivity contribution >= 4 is 17.5 Å². The van der Waals surface area contributed by atoms with Crippen LogP contribution in [0.1, 0.15) is 56.1 Å². The Bertz CT molecular complexity index is 462. The second kappa shape index (κ2) is 9.00. The summed E-state index contributed by atoms with van der Waals surface area (Å²) in [4.78, 5) is 16.3. The molecule has 0 bridgehead atoms. The van der Waals surface area contributed by atoms with Crippen molar-refractivity contribution in [3.05, 3.63) is 28.5 Å². The number of halogens is 1. The van der Waals surface area contributed by atoms with E-state index in [2.05, 4.69) is 10.3 Å². The molecule has 1 unspecified atom stereocenters. The molecule has 0 radical (unpaired) electrons. The minimum Gasteiger partial charge on any atom is -0.391 e. The van der Waals surface area contributed by atoms with Gasteiger partial charge in [-0.15, -0.1) is 0 Å². The molecule has 1 amide bonds. The number of hydrogen-bond acceptors (Lipinski definition) is 3. The van der Waals surface area contributed by atoms with Crippen molar-refractivity contribution < 1.29 is 9.90 Å². The number of aryl methyl sites for hydroxylation is 1.